The van der Waals surface area contributed by atoms with Gasteiger partial charge in [-0.05, 0) is 48.2 Å². The third-order valence-corrected chi connectivity index (χ3v) is 1.94. The Bertz CT molecular complexity index is 261. The summed E-state index contributed by atoms with van der Waals surface area (Å²) in [7, 11) is 0. The van der Waals surface area contributed by atoms with Gasteiger partial charge in [0.05, 0.1) is 0 Å². The van der Waals surface area contributed by atoms with Gasteiger partial charge in [-0.25, -0.2) is 0 Å². The first-order valence-electron chi connectivity index (χ1n) is 4.84. The van der Waals surface area contributed by atoms with Crippen LogP contribution >= 0.6 is 23.2 Å². The first-order valence-corrected chi connectivity index (χ1v) is 5.60. The fraction of sp³-hybridized carbons (Fsp3) is 0.364. The quantitative estimate of drug-likeness (QED) is 0.604. The Balaban J connectivity index is 0.000000315. The summed E-state index contributed by atoms with van der Waals surface area (Å²) in [4.78, 5) is 24.1. The summed E-state index contributed by atoms with van der Waals surface area (Å²) in [6, 6.07) is 5.72. The zero-order valence-electron chi connectivity index (χ0n) is 8.73. The summed E-state index contributed by atoms with van der Waals surface area (Å²) in [6.45, 7) is 0. The van der Waals surface area contributed by atoms with Crippen LogP contribution in [0.2, 0.25) is 0 Å². The number of hydrogen-bond donors (Lipinski definition) is 0. The van der Waals surface area contributed by atoms with E-state index >= 15 is 0 Å². The second-order valence-corrected chi connectivity index (χ2v) is 3.79. The van der Waals surface area contributed by atoms with E-state index in [1.54, 1.807) is 12.4 Å². The van der Waals surface area contributed by atoms with Crippen LogP contribution < -0.4 is 0 Å². The van der Waals surface area contributed by atoms with Crippen molar-refractivity contribution in [2.75, 3.05) is 0 Å². The molecule has 1 heterocycles. The number of nitrogens with zero attached hydrogens (tertiary/aromatic N) is 1. The highest BCUT2D eigenvalue weighted by atomic mass is 35.5. The zero-order valence-corrected chi connectivity index (χ0v) is 10.2. The van der Waals surface area contributed by atoms with Crippen molar-refractivity contribution in [3.63, 3.8) is 0 Å². The van der Waals surface area contributed by atoms with Gasteiger partial charge in [0, 0.05) is 25.2 Å². The molecule has 0 aliphatic carbocycles. The molecule has 3 nitrogen and oxygen atoms in total. The fourth-order valence-corrected chi connectivity index (χ4v) is 1.11. The summed E-state index contributed by atoms with van der Waals surface area (Å²) in [5.74, 6) is 0. The maximum Gasteiger partial charge on any atom is 0.221 e. The Morgan fingerprint density at radius 2 is 1.31 bits per heavy atom. The lowest BCUT2D eigenvalue weighted by Gasteiger charge is -1.91. The molecule has 0 aromatic carbocycles. The molecule has 0 saturated heterocycles. The molecule has 0 bridgehead atoms. The van der Waals surface area contributed by atoms with Crippen molar-refractivity contribution in [1.82, 2.24) is 4.98 Å². The molecule has 88 valence electrons. The smallest absolute Gasteiger partial charge is 0.221 e. The first-order chi connectivity index (χ1) is 7.63. The van der Waals surface area contributed by atoms with Gasteiger partial charge < -0.3 is 0 Å². The minimum Gasteiger partial charge on any atom is -0.281 e. The van der Waals surface area contributed by atoms with Gasteiger partial charge in [-0.3, -0.25) is 14.6 Å². The topological polar surface area (TPSA) is 47.0 Å². The second kappa shape index (κ2) is 10.6. The van der Waals surface area contributed by atoms with E-state index in [0.29, 0.717) is 25.7 Å². The fourth-order valence-electron chi connectivity index (χ4n) is 0.841. The Labute approximate surface area is 105 Å². The normalized spacial score (nSPS) is 8.88. The van der Waals surface area contributed by atoms with Gasteiger partial charge in [-0.15, -0.1) is 0 Å². The lowest BCUT2D eigenvalue weighted by atomic mass is 10.2. The summed E-state index contributed by atoms with van der Waals surface area (Å²) in [5, 5.41) is -0.718. The van der Waals surface area contributed by atoms with Gasteiger partial charge in [-0.2, -0.15) is 0 Å². The largest absolute Gasteiger partial charge is 0.281 e. The number of carbonyl (C=O) groups excluding carboxylic acids is 2. The van der Waals surface area contributed by atoms with E-state index in [9.17, 15) is 9.59 Å². The maximum atomic E-state index is 10.1. The Hall–Kier alpha value is -0.930. The molecule has 0 fully saturated rings. The second-order valence-electron chi connectivity index (χ2n) is 2.94. The van der Waals surface area contributed by atoms with Gasteiger partial charge in [0.25, 0.3) is 0 Å². The van der Waals surface area contributed by atoms with E-state index in [4.69, 9.17) is 23.2 Å². The number of rotatable bonds is 5. The van der Waals surface area contributed by atoms with E-state index in [1.807, 2.05) is 18.2 Å². The van der Waals surface area contributed by atoms with Gasteiger partial charge in [-0.1, -0.05) is 6.07 Å². The average molecular weight is 262 g/mol. The van der Waals surface area contributed by atoms with Crippen LogP contribution in [0.1, 0.15) is 25.7 Å². The maximum absolute atomic E-state index is 10.1. The molecular weight excluding hydrogens is 249 g/mol. The number of carbonyl (C=O) groups is 2. The van der Waals surface area contributed by atoms with Gasteiger partial charge >= 0.3 is 0 Å². The molecule has 5 heteroatoms. The van der Waals surface area contributed by atoms with Crippen molar-refractivity contribution in [2.45, 2.75) is 25.7 Å². The molecule has 1 rings (SSSR count). The lowest BCUT2D eigenvalue weighted by Crippen LogP contribution is -1.89. The third kappa shape index (κ3) is 13.1. The van der Waals surface area contributed by atoms with E-state index in [1.165, 1.54) is 0 Å². The monoisotopic (exact) mass is 261 g/mol. The Morgan fingerprint density at radius 1 is 0.875 bits per heavy atom. The highest BCUT2D eigenvalue weighted by Gasteiger charge is 1.98. The highest BCUT2D eigenvalue weighted by Crippen LogP contribution is 2.03. The predicted molar refractivity (Wildman–Crippen MR) is 64.4 cm³/mol. The summed E-state index contributed by atoms with van der Waals surface area (Å²) < 4.78 is 0. The number of pyridine rings is 1. The van der Waals surface area contributed by atoms with Crippen LogP contribution in [-0.4, -0.2) is 15.5 Å². The molecule has 1 aromatic rings. The molecule has 16 heavy (non-hydrogen) atoms. The minimum atomic E-state index is -0.359. The van der Waals surface area contributed by atoms with Crippen molar-refractivity contribution in [2.24, 2.45) is 0 Å². The van der Waals surface area contributed by atoms with Crippen molar-refractivity contribution < 1.29 is 9.59 Å². The predicted octanol–water partition coefficient (Wildman–Crippen LogP) is 3.16. The van der Waals surface area contributed by atoms with Gasteiger partial charge in [0.2, 0.25) is 10.5 Å². The Morgan fingerprint density at radius 3 is 1.50 bits per heavy atom. The molecule has 0 N–H and O–H groups in total. The van der Waals surface area contributed by atoms with Crippen LogP contribution in [0.25, 0.3) is 0 Å². The number of aromatic nitrogens is 1. The molecule has 1 aromatic heterocycles. The van der Waals surface area contributed by atoms with E-state index in [2.05, 4.69) is 4.98 Å². The highest BCUT2D eigenvalue weighted by molar-refractivity contribution is 6.63. The summed E-state index contributed by atoms with van der Waals surface area (Å²) in [5.41, 5.74) is 0. The van der Waals surface area contributed by atoms with Gasteiger partial charge in [0.15, 0.2) is 0 Å². The summed E-state index contributed by atoms with van der Waals surface area (Å²) >= 11 is 10.1. The molecule has 0 aliphatic heterocycles. The molecule has 0 spiro atoms. The standard InChI is InChI=1S/C6H8Cl2O2.C5H5N/c7-5(9)3-1-2-4-6(8)10;1-2-4-6-5-3-1/h1-4H2;1-5H. The molecule has 0 atom stereocenters. The van der Waals surface area contributed by atoms with E-state index in [0.717, 1.165) is 0 Å². The molecule has 0 saturated carbocycles. The zero-order chi connectivity index (χ0) is 12.2. The molecule has 0 amide bonds. The SMILES string of the molecule is O=C(Cl)CCCCC(=O)Cl.c1ccncc1. The van der Waals surface area contributed by atoms with Crippen molar-refractivity contribution >= 4 is 33.7 Å². The van der Waals surface area contributed by atoms with E-state index < -0.39 is 0 Å². The van der Waals surface area contributed by atoms with Crippen LogP contribution in [0.4, 0.5) is 0 Å². The van der Waals surface area contributed by atoms with Crippen LogP contribution in [0.5, 0.6) is 0 Å². The van der Waals surface area contributed by atoms with E-state index in [-0.39, 0.29) is 10.5 Å². The van der Waals surface area contributed by atoms with Crippen LogP contribution in [0.15, 0.2) is 30.6 Å². The Kier molecular flexibility index (Phi) is 9.97. The lowest BCUT2D eigenvalue weighted by molar-refractivity contribution is -0.113. The molecular formula is C11H13Cl2NO2. The number of hydrogen-bond acceptors (Lipinski definition) is 3. The molecule has 0 aliphatic rings. The van der Waals surface area contributed by atoms with Crippen molar-refractivity contribution in [3.05, 3.63) is 30.6 Å². The van der Waals surface area contributed by atoms with Crippen molar-refractivity contribution in [1.29, 1.82) is 0 Å². The third-order valence-electron chi connectivity index (χ3n) is 1.56. The first kappa shape index (κ1) is 15.1. The van der Waals surface area contributed by atoms with Crippen LogP contribution in [-0.2, 0) is 9.59 Å². The molecule has 0 radical (unpaired) electrons. The number of halogens is 2. The van der Waals surface area contributed by atoms with Gasteiger partial charge in [0.1, 0.15) is 0 Å². The van der Waals surface area contributed by atoms with Crippen molar-refractivity contribution in [3.8, 4) is 0 Å². The minimum absolute atomic E-state index is 0.325. The molecule has 0 unspecified atom stereocenters. The van der Waals surface area contributed by atoms with Crippen LogP contribution in [0.3, 0.4) is 0 Å². The van der Waals surface area contributed by atoms with Crippen LogP contribution in [0, 0.1) is 0 Å². The average Bonchev–Trinajstić information content (AvgIpc) is 2.27. The number of unbranched alkanes of at least 4 members (excludes halogenated alkanes) is 1. The summed E-state index contributed by atoms with van der Waals surface area (Å²) in [6.07, 6.45) is 5.43.